The fraction of sp³-hybridized carbons (Fsp3) is 0.455. The Hall–Kier alpha value is -0.250. The molecule has 1 heterocycles. The molecule has 0 saturated heterocycles. The van der Waals surface area contributed by atoms with Crippen molar-refractivity contribution in [3.63, 3.8) is 0 Å². The lowest BCUT2D eigenvalue weighted by Crippen LogP contribution is -2.30. The Morgan fingerprint density at radius 3 is 2.93 bits per heavy atom. The third-order valence-electron chi connectivity index (χ3n) is 2.83. The molecule has 2 rings (SSSR count). The number of halogens is 2. The van der Waals surface area contributed by atoms with Crippen LogP contribution in [0.1, 0.15) is 24.1 Å². The van der Waals surface area contributed by atoms with Crippen LogP contribution in [0.4, 0.5) is 4.39 Å². The summed E-state index contributed by atoms with van der Waals surface area (Å²) < 4.78 is 13.6. The molecule has 1 nitrogen and oxygen atoms in total. The van der Waals surface area contributed by atoms with Crippen molar-refractivity contribution in [3.05, 3.63) is 34.1 Å². The van der Waals surface area contributed by atoms with Crippen LogP contribution in [0.15, 0.2) is 12.1 Å². The first-order chi connectivity index (χ1) is 7.15. The standard InChI is InChI=1S/C11H13ClFNS/c1-6-11(14-2)10-7(5-15-6)9(13)4-3-8(10)12/h3-4,6,11,14H,5H2,1-2H3. The molecule has 1 aliphatic heterocycles. The maximum absolute atomic E-state index is 13.6. The van der Waals surface area contributed by atoms with E-state index in [9.17, 15) is 4.39 Å². The highest BCUT2D eigenvalue weighted by Crippen LogP contribution is 2.41. The third-order valence-corrected chi connectivity index (χ3v) is 4.41. The van der Waals surface area contributed by atoms with E-state index in [4.69, 9.17) is 11.6 Å². The van der Waals surface area contributed by atoms with Crippen molar-refractivity contribution < 1.29 is 4.39 Å². The average Bonchev–Trinajstić information content (AvgIpc) is 2.23. The molecule has 0 fully saturated rings. The smallest absolute Gasteiger partial charge is 0.127 e. The summed E-state index contributed by atoms with van der Waals surface area (Å²) >= 11 is 7.89. The summed E-state index contributed by atoms with van der Waals surface area (Å²) in [5.41, 5.74) is 1.69. The number of benzene rings is 1. The molecule has 0 aliphatic carbocycles. The van der Waals surface area contributed by atoms with E-state index in [1.807, 2.05) is 7.05 Å². The van der Waals surface area contributed by atoms with Crippen LogP contribution in [-0.4, -0.2) is 12.3 Å². The maximum atomic E-state index is 13.6. The van der Waals surface area contributed by atoms with E-state index in [0.717, 1.165) is 11.1 Å². The lowest BCUT2D eigenvalue weighted by Gasteiger charge is -2.31. The van der Waals surface area contributed by atoms with Gasteiger partial charge in [-0.15, -0.1) is 0 Å². The molecule has 1 aliphatic rings. The van der Waals surface area contributed by atoms with E-state index >= 15 is 0 Å². The molecule has 4 heteroatoms. The minimum atomic E-state index is -0.144. The fourth-order valence-corrected chi connectivity index (χ4v) is 3.50. The molecule has 1 aromatic rings. The van der Waals surface area contributed by atoms with Crippen molar-refractivity contribution in [1.29, 1.82) is 0 Å². The molecule has 0 radical (unpaired) electrons. The van der Waals surface area contributed by atoms with Gasteiger partial charge in [0.2, 0.25) is 0 Å². The van der Waals surface area contributed by atoms with Crippen molar-refractivity contribution in [3.8, 4) is 0 Å². The number of hydrogen-bond acceptors (Lipinski definition) is 2. The second-order valence-corrected chi connectivity index (χ2v) is 5.48. The van der Waals surface area contributed by atoms with Gasteiger partial charge in [-0.25, -0.2) is 4.39 Å². The zero-order chi connectivity index (χ0) is 11.0. The van der Waals surface area contributed by atoms with Gasteiger partial charge in [0.25, 0.3) is 0 Å². The molecular formula is C11H13ClFNS. The van der Waals surface area contributed by atoms with E-state index < -0.39 is 0 Å². The molecule has 1 N–H and O–H groups in total. The molecule has 2 unspecified atom stereocenters. The van der Waals surface area contributed by atoms with Crippen LogP contribution in [0.5, 0.6) is 0 Å². The van der Waals surface area contributed by atoms with Gasteiger partial charge in [-0.3, -0.25) is 0 Å². The summed E-state index contributed by atoms with van der Waals surface area (Å²) in [6.07, 6.45) is 0. The lowest BCUT2D eigenvalue weighted by molar-refractivity contribution is 0.558. The monoisotopic (exact) mass is 245 g/mol. The number of fused-ring (bicyclic) bond motifs is 1. The third kappa shape index (κ3) is 1.88. The predicted octanol–water partition coefficient (Wildman–Crippen LogP) is 3.37. The normalized spacial score (nSPS) is 25.1. The first kappa shape index (κ1) is 11.2. The summed E-state index contributed by atoms with van der Waals surface area (Å²) in [5, 5.41) is 4.29. The fourth-order valence-electron chi connectivity index (χ4n) is 2.02. The molecule has 0 aromatic heterocycles. The second-order valence-electron chi connectivity index (χ2n) is 3.70. The first-order valence-corrected chi connectivity index (χ1v) is 6.33. The molecule has 1 aromatic carbocycles. The maximum Gasteiger partial charge on any atom is 0.127 e. The molecule has 0 saturated carbocycles. The van der Waals surface area contributed by atoms with Gasteiger partial charge in [-0.05, 0) is 24.7 Å². The Labute approximate surface area is 98.4 Å². The van der Waals surface area contributed by atoms with Crippen LogP contribution in [0.3, 0.4) is 0 Å². The Morgan fingerprint density at radius 1 is 1.53 bits per heavy atom. The SMILES string of the molecule is CNC1c2c(Cl)ccc(F)c2CSC1C. The minimum Gasteiger partial charge on any atom is -0.312 e. The van der Waals surface area contributed by atoms with Crippen LogP contribution in [0, 0.1) is 5.82 Å². The van der Waals surface area contributed by atoms with Gasteiger partial charge in [0, 0.05) is 27.6 Å². The number of thioether (sulfide) groups is 1. The molecule has 15 heavy (non-hydrogen) atoms. The van der Waals surface area contributed by atoms with Gasteiger partial charge in [-0.1, -0.05) is 18.5 Å². The Balaban J connectivity index is 2.56. The highest BCUT2D eigenvalue weighted by atomic mass is 35.5. The Kier molecular flexibility index (Phi) is 3.24. The quantitative estimate of drug-likeness (QED) is 0.814. The van der Waals surface area contributed by atoms with Crippen molar-refractivity contribution in [2.24, 2.45) is 0 Å². The summed E-state index contributed by atoms with van der Waals surface area (Å²) in [6.45, 7) is 2.13. The summed E-state index contributed by atoms with van der Waals surface area (Å²) in [7, 11) is 1.89. The van der Waals surface area contributed by atoms with Crippen molar-refractivity contribution in [2.75, 3.05) is 7.05 Å². The van der Waals surface area contributed by atoms with E-state index in [1.54, 1.807) is 17.8 Å². The van der Waals surface area contributed by atoms with Gasteiger partial charge in [0.05, 0.1) is 0 Å². The number of nitrogens with one attached hydrogen (secondary N) is 1. The summed E-state index contributed by atoms with van der Waals surface area (Å²) in [5.74, 6) is 0.565. The topological polar surface area (TPSA) is 12.0 Å². The van der Waals surface area contributed by atoms with Crippen molar-refractivity contribution in [2.45, 2.75) is 24.0 Å². The number of hydrogen-bond donors (Lipinski definition) is 1. The zero-order valence-electron chi connectivity index (χ0n) is 8.68. The van der Waals surface area contributed by atoms with E-state index in [2.05, 4.69) is 12.2 Å². The first-order valence-electron chi connectivity index (χ1n) is 4.90. The van der Waals surface area contributed by atoms with Crippen LogP contribution < -0.4 is 5.32 Å². The van der Waals surface area contributed by atoms with E-state index in [1.165, 1.54) is 6.07 Å². The highest BCUT2D eigenvalue weighted by molar-refractivity contribution is 7.99. The Morgan fingerprint density at radius 2 is 2.27 bits per heavy atom. The highest BCUT2D eigenvalue weighted by Gasteiger charge is 2.29. The lowest BCUT2D eigenvalue weighted by atomic mass is 9.98. The van der Waals surface area contributed by atoms with Crippen LogP contribution in [0.2, 0.25) is 5.02 Å². The molecule has 2 atom stereocenters. The van der Waals surface area contributed by atoms with E-state index in [-0.39, 0.29) is 11.9 Å². The van der Waals surface area contributed by atoms with Crippen LogP contribution in [0.25, 0.3) is 0 Å². The molecule has 82 valence electrons. The molecule has 0 amide bonds. The largest absolute Gasteiger partial charge is 0.312 e. The zero-order valence-corrected chi connectivity index (χ0v) is 10.3. The molecule has 0 bridgehead atoms. The summed E-state index contributed by atoms with van der Waals surface area (Å²) in [6, 6.07) is 3.23. The van der Waals surface area contributed by atoms with Crippen LogP contribution >= 0.6 is 23.4 Å². The van der Waals surface area contributed by atoms with Gasteiger partial charge in [0.1, 0.15) is 5.82 Å². The van der Waals surface area contributed by atoms with E-state index in [0.29, 0.717) is 16.0 Å². The molecular weight excluding hydrogens is 233 g/mol. The van der Waals surface area contributed by atoms with Gasteiger partial charge in [-0.2, -0.15) is 11.8 Å². The van der Waals surface area contributed by atoms with Crippen LogP contribution in [-0.2, 0) is 5.75 Å². The van der Waals surface area contributed by atoms with Gasteiger partial charge in [0.15, 0.2) is 0 Å². The average molecular weight is 246 g/mol. The second kappa shape index (κ2) is 4.32. The molecule has 0 spiro atoms. The summed E-state index contributed by atoms with van der Waals surface area (Å²) in [4.78, 5) is 0. The van der Waals surface area contributed by atoms with Crippen molar-refractivity contribution >= 4 is 23.4 Å². The van der Waals surface area contributed by atoms with Gasteiger partial charge >= 0.3 is 0 Å². The predicted molar refractivity (Wildman–Crippen MR) is 64.0 cm³/mol. The minimum absolute atomic E-state index is 0.141. The van der Waals surface area contributed by atoms with Crippen molar-refractivity contribution in [1.82, 2.24) is 5.32 Å². The Bertz CT molecular complexity index is 383. The van der Waals surface area contributed by atoms with Gasteiger partial charge < -0.3 is 5.32 Å². The number of rotatable bonds is 1.